The van der Waals surface area contributed by atoms with E-state index in [1.165, 1.54) is 12.1 Å². The first kappa shape index (κ1) is 19.5. The molecule has 0 saturated heterocycles. The zero-order chi connectivity index (χ0) is 19.8. The van der Waals surface area contributed by atoms with E-state index in [0.29, 0.717) is 35.1 Å². The number of benzene rings is 2. The number of halogens is 1. The van der Waals surface area contributed by atoms with E-state index in [9.17, 15) is 9.18 Å². The lowest BCUT2D eigenvalue weighted by atomic mass is 10.2. The highest BCUT2D eigenvalue weighted by atomic mass is 19.1. The number of hydrogen-bond donors (Lipinski definition) is 1. The third-order valence-corrected chi connectivity index (χ3v) is 4.10. The molecule has 0 radical (unpaired) electrons. The molecule has 0 aliphatic rings. The predicted molar refractivity (Wildman–Crippen MR) is 106 cm³/mol. The molecule has 1 heterocycles. The number of nitrogens with one attached hydrogen (secondary N) is 1. The fourth-order valence-corrected chi connectivity index (χ4v) is 2.67. The van der Waals surface area contributed by atoms with Crippen molar-refractivity contribution >= 4 is 5.91 Å². The van der Waals surface area contributed by atoms with Crippen molar-refractivity contribution in [2.24, 2.45) is 0 Å². The molecule has 0 saturated carbocycles. The second-order valence-corrected chi connectivity index (χ2v) is 6.32. The number of ether oxygens (including phenoxy) is 1. The smallest absolute Gasteiger partial charge is 0.251 e. The van der Waals surface area contributed by atoms with Gasteiger partial charge < -0.3 is 10.1 Å². The molecule has 6 heteroatoms. The fourth-order valence-electron chi connectivity index (χ4n) is 2.67. The van der Waals surface area contributed by atoms with Crippen molar-refractivity contribution in [1.29, 1.82) is 0 Å². The number of carbonyl (C=O) groups excluding carboxylic acids is 1. The number of hydrogen-bond acceptors (Lipinski definition) is 4. The molecule has 3 rings (SSSR count). The highest BCUT2D eigenvalue weighted by Gasteiger charge is 2.09. The monoisotopic (exact) mass is 379 g/mol. The fraction of sp³-hybridized carbons (Fsp3) is 0.227. The summed E-state index contributed by atoms with van der Waals surface area (Å²) in [5, 5.41) is 2.91. The summed E-state index contributed by atoms with van der Waals surface area (Å²) < 4.78 is 19.2. The lowest BCUT2D eigenvalue weighted by Crippen LogP contribution is -2.24. The van der Waals surface area contributed by atoms with Crippen molar-refractivity contribution in [3.63, 3.8) is 0 Å². The van der Waals surface area contributed by atoms with E-state index in [-0.39, 0.29) is 11.7 Å². The van der Waals surface area contributed by atoms with Gasteiger partial charge in [0.1, 0.15) is 11.6 Å². The third-order valence-electron chi connectivity index (χ3n) is 4.10. The maximum Gasteiger partial charge on any atom is 0.251 e. The van der Waals surface area contributed by atoms with E-state index in [1.807, 2.05) is 0 Å². The van der Waals surface area contributed by atoms with E-state index in [2.05, 4.69) is 22.2 Å². The quantitative estimate of drug-likeness (QED) is 0.560. The highest BCUT2D eigenvalue weighted by Crippen LogP contribution is 2.23. The lowest BCUT2D eigenvalue weighted by Gasteiger charge is -2.09. The van der Waals surface area contributed by atoms with Crippen LogP contribution in [-0.2, 0) is 0 Å². The summed E-state index contributed by atoms with van der Waals surface area (Å²) in [6.45, 7) is 2.77. The number of unbranched alkanes of at least 4 members (excludes halogenated alkanes) is 2. The summed E-state index contributed by atoms with van der Waals surface area (Å²) in [7, 11) is 0. The lowest BCUT2D eigenvalue weighted by molar-refractivity contribution is 0.0952. The molecule has 1 aromatic heterocycles. The van der Waals surface area contributed by atoms with Crippen LogP contribution in [0.1, 0.15) is 36.5 Å². The Morgan fingerprint density at radius 3 is 2.79 bits per heavy atom. The van der Waals surface area contributed by atoms with Gasteiger partial charge in [0.05, 0.1) is 0 Å². The first-order valence-electron chi connectivity index (χ1n) is 9.31. The van der Waals surface area contributed by atoms with Gasteiger partial charge in [-0.15, -0.1) is 0 Å². The molecule has 0 aliphatic carbocycles. The molecule has 28 heavy (non-hydrogen) atoms. The summed E-state index contributed by atoms with van der Waals surface area (Å²) in [5.74, 6) is 0.677. The molecule has 3 aromatic rings. The molecule has 1 N–H and O–H groups in total. The molecule has 0 atom stereocenters. The SMILES string of the molecule is CCCCCNC(=O)c1cccc(Oc2ccnc(-c3cccc(F)c3)n2)c1. The van der Waals surface area contributed by atoms with Gasteiger partial charge in [0.2, 0.25) is 5.88 Å². The largest absolute Gasteiger partial charge is 0.439 e. The van der Waals surface area contributed by atoms with Crippen LogP contribution in [0.4, 0.5) is 4.39 Å². The Morgan fingerprint density at radius 2 is 1.96 bits per heavy atom. The van der Waals surface area contributed by atoms with Gasteiger partial charge in [0, 0.05) is 29.9 Å². The van der Waals surface area contributed by atoms with Crippen LogP contribution in [0.2, 0.25) is 0 Å². The normalized spacial score (nSPS) is 10.5. The molecule has 0 fully saturated rings. The van der Waals surface area contributed by atoms with Gasteiger partial charge in [0.25, 0.3) is 5.91 Å². The minimum atomic E-state index is -0.356. The van der Waals surface area contributed by atoms with Crippen molar-refractivity contribution in [2.75, 3.05) is 6.54 Å². The average Bonchev–Trinajstić information content (AvgIpc) is 2.71. The molecular weight excluding hydrogens is 357 g/mol. The van der Waals surface area contributed by atoms with Crippen LogP contribution in [0, 0.1) is 5.82 Å². The topological polar surface area (TPSA) is 64.1 Å². The maximum atomic E-state index is 13.4. The van der Waals surface area contributed by atoms with Gasteiger partial charge in [-0.05, 0) is 36.8 Å². The summed E-state index contributed by atoms with van der Waals surface area (Å²) in [5.41, 5.74) is 1.08. The predicted octanol–water partition coefficient (Wildman–Crippen LogP) is 5.00. The van der Waals surface area contributed by atoms with E-state index in [0.717, 1.165) is 19.3 Å². The van der Waals surface area contributed by atoms with Crippen molar-refractivity contribution < 1.29 is 13.9 Å². The minimum Gasteiger partial charge on any atom is -0.439 e. The molecule has 144 valence electrons. The van der Waals surface area contributed by atoms with E-state index in [4.69, 9.17) is 4.74 Å². The minimum absolute atomic E-state index is 0.135. The Morgan fingerprint density at radius 1 is 1.11 bits per heavy atom. The van der Waals surface area contributed by atoms with Crippen LogP contribution in [0.5, 0.6) is 11.6 Å². The van der Waals surface area contributed by atoms with Crippen molar-refractivity contribution in [3.05, 3.63) is 72.2 Å². The summed E-state index contributed by atoms with van der Waals surface area (Å²) in [6.07, 6.45) is 4.70. The van der Waals surface area contributed by atoms with Crippen molar-refractivity contribution in [3.8, 4) is 23.0 Å². The highest BCUT2D eigenvalue weighted by molar-refractivity contribution is 5.94. The second kappa shape index (κ2) is 9.60. The molecular formula is C22H22FN3O2. The van der Waals surface area contributed by atoms with Crippen LogP contribution in [0.25, 0.3) is 11.4 Å². The molecule has 0 spiro atoms. The van der Waals surface area contributed by atoms with Crippen LogP contribution in [-0.4, -0.2) is 22.4 Å². The number of nitrogens with zero attached hydrogens (tertiary/aromatic N) is 2. The maximum absolute atomic E-state index is 13.4. The van der Waals surface area contributed by atoms with Crippen LogP contribution >= 0.6 is 0 Å². The Labute approximate surface area is 163 Å². The Kier molecular flexibility index (Phi) is 6.68. The second-order valence-electron chi connectivity index (χ2n) is 6.32. The first-order valence-corrected chi connectivity index (χ1v) is 9.31. The molecule has 5 nitrogen and oxygen atoms in total. The van der Waals surface area contributed by atoms with Gasteiger partial charge in [0.15, 0.2) is 5.82 Å². The third kappa shape index (κ3) is 5.36. The zero-order valence-electron chi connectivity index (χ0n) is 15.7. The van der Waals surface area contributed by atoms with Crippen LogP contribution in [0.3, 0.4) is 0 Å². The Hall–Kier alpha value is -3.28. The van der Waals surface area contributed by atoms with E-state index < -0.39 is 0 Å². The van der Waals surface area contributed by atoms with Gasteiger partial charge in [-0.2, -0.15) is 4.98 Å². The summed E-state index contributed by atoms with van der Waals surface area (Å²) in [4.78, 5) is 20.7. The number of rotatable bonds is 8. The molecule has 0 bridgehead atoms. The molecule has 1 amide bonds. The van der Waals surface area contributed by atoms with Gasteiger partial charge in [-0.1, -0.05) is 38.0 Å². The van der Waals surface area contributed by atoms with Gasteiger partial charge in [-0.3, -0.25) is 4.79 Å². The molecule has 0 aliphatic heterocycles. The number of amides is 1. The first-order chi connectivity index (χ1) is 13.7. The Bertz CT molecular complexity index is 946. The number of aromatic nitrogens is 2. The van der Waals surface area contributed by atoms with Crippen molar-refractivity contribution in [1.82, 2.24) is 15.3 Å². The van der Waals surface area contributed by atoms with Crippen molar-refractivity contribution in [2.45, 2.75) is 26.2 Å². The summed E-state index contributed by atoms with van der Waals surface area (Å²) >= 11 is 0. The average molecular weight is 379 g/mol. The standard InChI is InChI=1S/C22H22FN3O2/c1-2-3-4-12-25-22(27)17-8-6-10-19(15-17)28-20-11-13-24-21(26-20)16-7-5-9-18(23)14-16/h5-11,13-15H,2-4,12H2,1H3,(H,25,27). The van der Waals surface area contributed by atoms with E-state index >= 15 is 0 Å². The zero-order valence-corrected chi connectivity index (χ0v) is 15.7. The summed E-state index contributed by atoms with van der Waals surface area (Å²) in [6, 6.07) is 14.6. The molecule has 2 aromatic carbocycles. The van der Waals surface area contributed by atoms with Crippen LogP contribution in [0.15, 0.2) is 60.8 Å². The van der Waals surface area contributed by atoms with E-state index in [1.54, 1.807) is 48.7 Å². The Balaban J connectivity index is 1.70. The van der Waals surface area contributed by atoms with Gasteiger partial charge in [-0.25, -0.2) is 9.37 Å². The van der Waals surface area contributed by atoms with Crippen LogP contribution < -0.4 is 10.1 Å². The molecule has 0 unspecified atom stereocenters. The number of carbonyl (C=O) groups is 1. The van der Waals surface area contributed by atoms with Gasteiger partial charge >= 0.3 is 0 Å².